The van der Waals surface area contributed by atoms with E-state index in [9.17, 15) is 9.18 Å². The smallest absolute Gasteiger partial charge is 0.227 e. The van der Waals surface area contributed by atoms with Crippen LogP contribution in [0.15, 0.2) is 48.5 Å². The molecule has 0 atom stereocenters. The molecule has 0 aromatic heterocycles. The second kappa shape index (κ2) is 8.29. The fourth-order valence-electron chi connectivity index (χ4n) is 2.13. The molecule has 0 heterocycles. The maximum atomic E-state index is 12.8. The third-order valence-electron chi connectivity index (χ3n) is 3.12. The monoisotopic (exact) mass is 316 g/mol. The van der Waals surface area contributed by atoms with Crippen LogP contribution in [0.25, 0.3) is 0 Å². The van der Waals surface area contributed by atoms with Gasteiger partial charge >= 0.3 is 0 Å². The van der Waals surface area contributed by atoms with Crippen molar-refractivity contribution in [1.82, 2.24) is 4.90 Å². The Balaban J connectivity index is 1.79. The third kappa shape index (κ3) is 6.08. The Bertz CT molecular complexity index is 642. The second-order valence-electron chi connectivity index (χ2n) is 5.54. The van der Waals surface area contributed by atoms with Crippen LogP contribution in [0.4, 0.5) is 10.1 Å². The lowest BCUT2D eigenvalue weighted by molar-refractivity contribution is -0.116. The van der Waals surface area contributed by atoms with Gasteiger partial charge in [0.25, 0.3) is 0 Å². The number of ether oxygens (including phenoxy) is 1. The van der Waals surface area contributed by atoms with Gasteiger partial charge in [-0.1, -0.05) is 12.1 Å². The van der Waals surface area contributed by atoms with Crippen LogP contribution in [0.3, 0.4) is 0 Å². The maximum Gasteiger partial charge on any atom is 0.227 e. The van der Waals surface area contributed by atoms with E-state index in [2.05, 4.69) is 10.2 Å². The van der Waals surface area contributed by atoms with Gasteiger partial charge in [0, 0.05) is 12.2 Å². The summed E-state index contributed by atoms with van der Waals surface area (Å²) >= 11 is 0. The minimum atomic E-state index is -0.312. The maximum absolute atomic E-state index is 12.8. The molecule has 0 bridgehead atoms. The molecule has 0 fully saturated rings. The molecular weight excluding hydrogens is 295 g/mol. The van der Waals surface area contributed by atoms with E-state index in [1.165, 1.54) is 24.3 Å². The van der Waals surface area contributed by atoms with E-state index in [4.69, 9.17) is 4.74 Å². The van der Waals surface area contributed by atoms with Crippen LogP contribution < -0.4 is 10.1 Å². The van der Waals surface area contributed by atoms with Crippen molar-refractivity contribution >= 4 is 11.6 Å². The predicted octanol–water partition coefficient (Wildman–Crippen LogP) is 3.29. The van der Waals surface area contributed by atoms with Crippen molar-refractivity contribution < 1.29 is 13.9 Å². The molecule has 0 aliphatic heterocycles. The van der Waals surface area contributed by atoms with Crippen molar-refractivity contribution in [3.8, 4) is 5.75 Å². The number of rotatable bonds is 7. The van der Waals surface area contributed by atoms with Gasteiger partial charge < -0.3 is 15.0 Å². The molecule has 0 spiro atoms. The SMILES string of the molecule is CN(C)Cc1cccc(NC(=O)CCOc2ccc(F)cc2)c1. The molecule has 4 nitrogen and oxygen atoms in total. The highest BCUT2D eigenvalue weighted by Crippen LogP contribution is 2.13. The van der Waals surface area contributed by atoms with Crippen molar-refractivity contribution in [2.24, 2.45) is 0 Å². The number of nitrogens with zero attached hydrogens (tertiary/aromatic N) is 1. The highest BCUT2D eigenvalue weighted by atomic mass is 19.1. The molecule has 2 aromatic rings. The van der Waals surface area contributed by atoms with Gasteiger partial charge in [-0.15, -0.1) is 0 Å². The second-order valence-corrected chi connectivity index (χ2v) is 5.54. The van der Waals surface area contributed by atoms with E-state index in [0.29, 0.717) is 5.75 Å². The molecular formula is C18H21FN2O2. The average molecular weight is 316 g/mol. The summed E-state index contributed by atoms with van der Waals surface area (Å²) in [6.07, 6.45) is 0.231. The van der Waals surface area contributed by atoms with Gasteiger partial charge in [-0.05, 0) is 56.1 Å². The first-order valence-corrected chi connectivity index (χ1v) is 7.45. The summed E-state index contributed by atoms with van der Waals surface area (Å²) in [6, 6.07) is 13.5. The number of hydrogen-bond acceptors (Lipinski definition) is 3. The quantitative estimate of drug-likeness (QED) is 0.852. The Morgan fingerprint density at radius 3 is 2.61 bits per heavy atom. The summed E-state index contributed by atoms with van der Waals surface area (Å²) in [4.78, 5) is 14.0. The van der Waals surface area contributed by atoms with Crippen LogP contribution >= 0.6 is 0 Å². The Morgan fingerprint density at radius 1 is 1.17 bits per heavy atom. The first-order chi connectivity index (χ1) is 11.0. The number of hydrogen-bond donors (Lipinski definition) is 1. The largest absolute Gasteiger partial charge is 0.493 e. The number of carbonyl (C=O) groups is 1. The first kappa shape index (κ1) is 17.0. The van der Waals surface area contributed by atoms with Gasteiger partial charge in [0.1, 0.15) is 11.6 Å². The Labute approximate surface area is 135 Å². The first-order valence-electron chi connectivity index (χ1n) is 7.45. The number of amides is 1. The molecule has 2 aromatic carbocycles. The van der Waals surface area contributed by atoms with E-state index < -0.39 is 0 Å². The molecule has 5 heteroatoms. The van der Waals surface area contributed by atoms with Crippen LogP contribution in [0.2, 0.25) is 0 Å². The third-order valence-corrected chi connectivity index (χ3v) is 3.12. The van der Waals surface area contributed by atoms with Crippen LogP contribution in [-0.4, -0.2) is 31.5 Å². The zero-order chi connectivity index (χ0) is 16.7. The lowest BCUT2D eigenvalue weighted by Gasteiger charge is -2.11. The fourth-order valence-corrected chi connectivity index (χ4v) is 2.13. The summed E-state index contributed by atoms with van der Waals surface area (Å²) in [5.74, 6) is 0.119. The lowest BCUT2D eigenvalue weighted by atomic mass is 10.2. The van der Waals surface area contributed by atoms with Crippen molar-refractivity contribution in [2.45, 2.75) is 13.0 Å². The molecule has 1 amide bonds. The molecule has 0 unspecified atom stereocenters. The fraction of sp³-hybridized carbons (Fsp3) is 0.278. The van der Waals surface area contributed by atoms with Crippen molar-refractivity contribution in [3.05, 3.63) is 59.9 Å². The topological polar surface area (TPSA) is 41.6 Å². The summed E-state index contributed by atoms with van der Waals surface area (Å²) < 4.78 is 18.2. The molecule has 2 rings (SSSR count). The number of anilines is 1. The van der Waals surface area contributed by atoms with Crippen LogP contribution in [-0.2, 0) is 11.3 Å². The van der Waals surface area contributed by atoms with E-state index in [0.717, 1.165) is 17.8 Å². The normalized spacial score (nSPS) is 10.6. The van der Waals surface area contributed by atoms with Crippen molar-refractivity contribution in [3.63, 3.8) is 0 Å². The molecule has 0 saturated carbocycles. The van der Waals surface area contributed by atoms with Gasteiger partial charge in [0.2, 0.25) is 5.91 Å². The molecule has 0 aliphatic rings. The average Bonchev–Trinajstić information content (AvgIpc) is 2.49. The number of halogens is 1. The van der Waals surface area contributed by atoms with Crippen LogP contribution in [0, 0.1) is 5.82 Å². The van der Waals surface area contributed by atoms with Crippen molar-refractivity contribution in [1.29, 1.82) is 0 Å². The highest BCUT2D eigenvalue weighted by molar-refractivity contribution is 5.90. The van der Waals surface area contributed by atoms with Crippen LogP contribution in [0.1, 0.15) is 12.0 Å². The summed E-state index contributed by atoms with van der Waals surface area (Å²) in [5, 5.41) is 2.85. The van der Waals surface area contributed by atoms with Gasteiger partial charge in [-0.2, -0.15) is 0 Å². The van der Waals surface area contributed by atoms with Gasteiger partial charge in [0.05, 0.1) is 13.0 Å². The molecule has 0 saturated heterocycles. The molecule has 1 N–H and O–H groups in total. The zero-order valence-electron chi connectivity index (χ0n) is 13.4. The van der Waals surface area contributed by atoms with Gasteiger partial charge in [-0.25, -0.2) is 4.39 Å². The van der Waals surface area contributed by atoms with Gasteiger partial charge in [-0.3, -0.25) is 4.79 Å². The van der Waals surface area contributed by atoms with E-state index in [-0.39, 0.29) is 24.8 Å². The van der Waals surface area contributed by atoms with Crippen molar-refractivity contribution in [2.75, 3.05) is 26.0 Å². The molecule has 0 radical (unpaired) electrons. The number of benzene rings is 2. The lowest BCUT2D eigenvalue weighted by Crippen LogP contribution is -2.16. The standard InChI is InChI=1S/C18H21FN2O2/c1-21(2)13-14-4-3-5-16(12-14)20-18(22)10-11-23-17-8-6-15(19)7-9-17/h3-9,12H,10-11,13H2,1-2H3,(H,20,22). The summed E-state index contributed by atoms with van der Waals surface area (Å²) in [7, 11) is 4.00. The number of carbonyl (C=O) groups excluding carboxylic acids is 1. The Kier molecular flexibility index (Phi) is 6.11. The number of nitrogens with one attached hydrogen (secondary N) is 1. The molecule has 23 heavy (non-hydrogen) atoms. The Hall–Kier alpha value is -2.40. The molecule has 122 valence electrons. The van der Waals surface area contributed by atoms with Gasteiger partial charge in [0.15, 0.2) is 0 Å². The highest BCUT2D eigenvalue weighted by Gasteiger charge is 2.04. The Morgan fingerprint density at radius 2 is 1.91 bits per heavy atom. The summed E-state index contributed by atoms with van der Waals surface area (Å²) in [6.45, 7) is 1.06. The van der Waals surface area contributed by atoms with E-state index >= 15 is 0 Å². The van der Waals surface area contributed by atoms with Crippen LogP contribution in [0.5, 0.6) is 5.75 Å². The predicted molar refractivity (Wildman–Crippen MR) is 89.0 cm³/mol. The molecule has 0 aliphatic carbocycles. The van der Waals surface area contributed by atoms with E-state index in [1.54, 1.807) is 0 Å². The minimum absolute atomic E-state index is 0.117. The zero-order valence-corrected chi connectivity index (χ0v) is 13.4. The van der Waals surface area contributed by atoms with E-state index in [1.807, 2.05) is 38.4 Å². The minimum Gasteiger partial charge on any atom is -0.493 e. The summed E-state index contributed by atoms with van der Waals surface area (Å²) in [5.41, 5.74) is 1.91.